The summed E-state index contributed by atoms with van der Waals surface area (Å²) in [6.45, 7) is 11.9. The normalized spacial score (nSPS) is 22.1. The van der Waals surface area contributed by atoms with E-state index in [4.69, 9.17) is 9.47 Å². The van der Waals surface area contributed by atoms with Gasteiger partial charge in [0.25, 0.3) is 5.91 Å². The fourth-order valence-corrected chi connectivity index (χ4v) is 5.96. The van der Waals surface area contributed by atoms with Crippen LogP contribution in [0.2, 0.25) is 0 Å². The SMILES string of the molecule is CCCOc1cc(C(F)(F)F)c(C(=O)Nc2cc(-c3ccnc(N4C[C@@H](C)O[C@@H](C)C4)n3)c(F)cc2N2C[C@@H](C)N[C@@H](C)C2)cn1. The Labute approximate surface area is 265 Å². The van der Waals surface area contributed by atoms with E-state index in [1.165, 1.54) is 18.3 Å². The van der Waals surface area contributed by atoms with E-state index in [-0.39, 0.29) is 53.7 Å². The second-order valence-corrected chi connectivity index (χ2v) is 12.0. The number of hydrogen-bond acceptors (Lipinski definition) is 9. The van der Waals surface area contributed by atoms with Gasteiger partial charge in [0, 0.05) is 62.3 Å². The molecule has 4 heterocycles. The molecule has 14 heteroatoms. The summed E-state index contributed by atoms with van der Waals surface area (Å²) in [6.07, 6.45) is -2.02. The van der Waals surface area contributed by atoms with Gasteiger partial charge in [0.1, 0.15) is 5.82 Å². The molecule has 5 rings (SSSR count). The van der Waals surface area contributed by atoms with Crippen LogP contribution in [-0.4, -0.2) is 77.9 Å². The number of rotatable bonds is 8. The molecule has 0 bridgehead atoms. The van der Waals surface area contributed by atoms with Crippen molar-refractivity contribution in [1.82, 2.24) is 20.3 Å². The predicted octanol–water partition coefficient (Wildman–Crippen LogP) is 5.54. The molecule has 10 nitrogen and oxygen atoms in total. The smallest absolute Gasteiger partial charge is 0.417 e. The number of anilines is 3. The Morgan fingerprint density at radius 3 is 2.39 bits per heavy atom. The minimum Gasteiger partial charge on any atom is -0.478 e. The van der Waals surface area contributed by atoms with Gasteiger partial charge in [-0.05, 0) is 52.3 Å². The van der Waals surface area contributed by atoms with Crippen LogP contribution in [0.5, 0.6) is 5.88 Å². The first-order chi connectivity index (χ1) is 21.8. The summed E-state index contributed by atoms with van der Waals surface area (Å²) >= 11 is 0. The first-order valence-corrected chi connectivity index (χ1v) is 15.4. The van der Waals surface area contributed by atoms with E-state index in [1.54, 1.807) is 6.07 Å². The van der Waals surface area contributed by atoms with Crippen molar-refractivity contribution in [3.05, 3.63) is 53.6 Å². The number of morpholine rings is 1. The molecule has 1 amide bonds. The lowest BCUT2D eigenvalue weighted by atomic mass is 10.0. The summed E-state index contributed by atoms with van der Waals surface area (Å²) in [7, 11) is 0. The molecule has 0 radical (unpaired) electrons. The molecular formula is C32H39F4N7O3. The number of piperazine rings is 1. The van der Waals surface area contributed by atoms with Crippen LogP contribution in [0, 0.1) is 5.82 Å². The summed E-state index contributed by atoms with van der Waals surface area (Å²) in [5, 5.41) is 6.04. The fourth-order valence-electron chi connectivity index (χ4n) is 5.96. The van der Waals surface area contributed by atoms with Crippen LogP contribution in [-0.2, 0) is 10.9 Å². The number of hydrogen-bond donors (Lipinski definition) is 2. The van der Waals surface area contributed by atoms with Crippen molar-refractivity contribution in [1.29, 1.82) is 0 Å². The molecular weight excluding hydrogens is 606 g/mol. The van der Waals surface area contributed by atoms with Crippen molar-refractivity contribution < 1.29 is 31.8 Å². The number of carbonyl (C=O) groups excluding carboxylic acids is 1. The van der Waals surface area contributed by atoms with Gasteiger partial charge in [0.05, 0.1) is 47.0 Å². The van der Waals surface area contributed by atoms with Gasteiger partial charge in [-0.3, -0.25) is 4.79 Å². The van der Waals surface area contributed by atoms with Gasteiger partial charge in [-0.25, -0.2) is 19.3 Å². The monoisotopic (exact) mass is 645 g/mol. The molecule has 2 aromatic heterocycles. The van der Waals surface area contributed by atoms with Crippen molar-refractivity contribution in [3.8, 4) is 17.1 Å². The van der Waals surface area contributed by atoms with Crippen molar-refractivity contribution in [3.63, 3.8) is 0 Å². The lowest BCUT2D eigenvalue weighted by molar-refractivity contribution is -0.138. The highest BCUT2D eigenvalue weighted by Gasteiger charge is 2.37. The van der Waals surface area contributed by atoms with Crippen LogP contribution >= 0.6 is 0 Å². The number of ether oxygens (including phenoxy) is 2. The van der Waals surface area contributed by atoms with E-state index in [2.05, 4.69) is 25.6 Å². The van der Waals surface area contributed by atoms with Crippen molar-refractivity contribution in [2.75, 3.05) is 47.9 Å². The van der Waals surface area contributed by atoms with Gasteiger partial charge in [-0.2, -0.15) is 13.2 Å². The molecule has 2 saturated heterocycles. The molecule has 0 aliphatic carbocycles. The highest BCUT2D eigenvalue weighted by atomic mass is 19.4. The van der Waals surface area contributed by atoms with Crippen molar-refractivity contribution in [2.45, 2.75) is 71.5 Å². The van der Waals surface area contributed by atoms with Crippen LogP contribution in [0.15, 0.2) is 36.7 Å². The Hall–Kier alpha value is -4.04. The van der Waals surface area contributed by atoms with Crippen molar-refractivity contribution >= 4 is 23.2 Å². The maximum Gasteiger partial charge on any atom is 0.417 e. The minimum atomic E-state index is -4.86. The fraction of sp³-hybridized carbons (Fsp3) is 0.500. The number of benzene rings is 1. The summed E-state index contributed by atoms with van der Waals surface area (Å²) < 4.78 is 69.5. The zero-order chi connectivity index (χ0) is 33.2. The van der Waals surface area contributed by atoms with Gasteiger partial charge in [0.15, 0.2) is 0 Å². The van der Waals surface area contributed by atoms with Crippen molar-refractivity contribution in [2.24, 2.45) is 0 Å². The maximum absolute atomic E-state index is 16.0. The molecule has 2 aliphatic heterocycles. The molecule has 2 N–H and O–H groups in total. The lowest BCUT2D eigenvalue weighted by Crippen LogP contribution is -2.54. The zero-order valence-electron chi connectivity index (χ0n) is 26.5. The lowest BCUT2D eigenvalue weighted by Gasteiger charge is -2.38. The third-order valence-corrected chi connectivity index (χ3v) is 7.74. The number of pyridine rings is 1. The highest BCUT2D eigenvalue weighted by Crippen LogP contribution is 2.37. The van der Waals surface area contributed by atoms with E-state index in [9.17, 15) is 18.0 Å². The largest absolute Gasteiger partial charge is 0.478 e. The van der Waals surface area contributed by atoms with Crippen LogP contribution < -0.4 is 25.2 Å². The first-order valence-electron chi connectivity index (χ1n) is 15.4. The Balaban J connectivity index is 1.55. The molecule has 4 atom stereocenters. The first kappa shape index (κ1) is 33.3. The van der Waals surface area contributed by atoms with Gasteiger partial charge in [-0.15, -0.1) is 0 Å². The average molecular weight is 646 g/mol. The molecule has 0 saturated carbocycles. The Morgan fingerprint density at radius 2 is 1.74 bits per heavy atom. The number of halogens is 4. The third-order valence-electron chi connectivity index (χ3n) is 7.74. The van der Waals surface area contributed by atoms with Gasteiger partial charge in [-0.1, -0.05) is 6.92 Å². The van der Waals surface area contributed by atoms with E-state index in [0.29, 0.717) is 44.2 Å². The molecule has 0 spiro atoms. The summed E-state index contributed by atoms with van der Waals surface area (Å²) in [5.74, 6) is -1.49. The van der Waals surface area contributed by atoms with E-state index in [0.717, 1.165) is 12.3 Å². The number of nitrogens with zero attached hydrogens (tertiary/aromatic N) is 5. The highest BCUT2D eigenvalue weighted by molar-refractivity contribution is 6.07. The van der Waals surface area contributed by atoms with Crippen LogP contribution in [0.3, 0.4) is 0 Å². The molecule has 2 aliphatic rings. The van der Waals surface area contributed by atoms with Crippen LogP contribution in [0.1, 0.15) is 57.0 Å². The quantitative estimate of drug-likeness (QED) is 0.306. The molecule has 0 unspecified atom stereocenters. The maximum atomic E-state index is 16.0. The van der Waals surface area contributed by atoms with E-state index < -0.39 is 29.0 Å². The minimum absolute atomic E-state index is 0.0365. The summed E-state index contributed by atoms with van der Waals surface area (Å²) in [6, 6.07) is 5.05. The number of amides is 1. The molecule has 248 valence electrons. The van der Waals surface area contributed by atoms with E-state index in [1.807, 2.05) is 44.4 Å². The van der Waals surface area contributed by atoms with E-state index >= 15 is 4.39 Å². The van der Waals surface area contributed by atoms with Gasteiger partial charge >= 0.3 is 6.18 Å². The number of carbonyl (C=O) groups is 1. The Bertz CT molecular complexity index is 1540. The standard InChI is InChI=1S/C32H39F4N7O3/c1-6-9-45-29-11-24(32(34,35)36)23(13-38-29)30(44)40-27-10-22(25(33)12-28(27)42-14-18(2)39-19(3)15-42)26-7-8-37-31(41-26)43-16-20(4)46-21(5)17-43/h7-8,10-13,18-21,39H,6,9,14-17H2,1-5H3,(H,40,44)/t18-,19+,20-,21+. The average Bonchev–Trinajstić information content (AvgIpc) is 2.99. The topological polar surface area (TPSA) is 105 Å². The Morgan fingerprint density at radius 1 is 1.04 bits per heavy atom. The second-order valence-electron chi connectivity index (χ2n) is 12.0. The predicted molar refractivity (Wildman–Crippen MR) is 167 cm³/mol. The zero-order valence-corrected chi connectivity index (χ0v) is 26.5. The molecule has 3 aromatic rings. The van der Waals surface area contributed by atoms with Gasteiger partial charge in [0.2, 0.25) is 11.8 Å². The van der Waals surface area contributed by atoms with Gasteiger partial charge < -0.3 is 29.9 Å². The summed E-state index contributed by atoms with van der Waals surface area (Å²) in [4.78, 5) is 30.4. The number of alkyl halides is 3. The number of nitrogens with one attached hydrogen (secondary N) is 2. The third kappa shape index (κ3) is 7.66. The molecule has 1 aromatic carbocycles. The summed E-state index contributed by atoms with van der Waals surface area (Å²) in [5.41, 5.74) is -1.08. The van der Waals surface area contributed by atoms with Crippen LogP contribution in [0.4, 0.5) is 34.9 Å². The molecule has 46 heavy (non-hydrogen) atoms. The Kier molecular flexibility index (Phi) is 9.96. The van der Waals surface area contributed by atoms with Crippen LogP contribution in [0.25, 0.3) is 11.3 Å². The second kappa shape index (κ2) is 13.8. The molecule has 2 fully saturated rings. The number of aromatic nitrogens is 3.